The van der Waals surface area contributed by atoms with Crippen molar-refractivity contribution in [3.05, 3.63) is 45.7 Å². The number of nitrogens with zero attached hydrogens (tertiary/aromatic N) is 7. The van der Waals surface area contributed by atoms with E-state index in [2.05, 4.69) is 15.2 Å². The lowest BCUT2D eigenvalue weighted by Gasteiger charge is -2.31. The molecule has 4 heterocycles. The predicted molar refractivity (Wildman–Crippen MR) is 141 cm³/mol. The van der Waals surface area contributed by atoms with Gasteiger partial charge in [-0.05, 0) is 52.9 Å². The molecule has 1 aromatic carbocycles. The van der Waals surface area contributed by atoms with Gasteiger partial charge in [0.05, 0.1) is 22.8 Å². The number of piperazine rings is 1. The molecule has 202 valence electrons. The van der Waals surface area contributed by atoms with Crippen LogP contribution in [0.1, 0.15) is 24.1 Å². The van der Waals surface area contributed by atoms with E-state index in [-0.39, 0.29) is 21.8 Å². The van der Waals surface area contributed by atoms with E-state index in [1.54, 1.807) is 46.0 Å². The molecular weight excluding hydrogens is 510 g/mol. The molecule has 1 fully saturated rings. The van der Waals surface area contributed by atoms with Gasteiger partial charge in [0, 0.05) is 33.2 Å². The molecule has 0 spiro atoms. The van der Waals surface area contributed by atoms with Crippen LogP contribution in [0.3, 0.4) is 0 Å². The first-order valence-corrected chi connectivity index (χ1v) is 13.8. The van der Waals surface area contributed by atoms with Gasteiger partial charge in [0.1, 0.15) is 28.5 Å². The summed E-state index contributed by atoms with van der Waals surface area (Å²) in [5.41, 5.74) is 2.47. The van der Waals surface area contributed by atoms with Crippen LogP contribution < -0.4 is 10.3 Å². The summed E-state index contributed by atoms with van der Waals surface area (Å²) in [6, 6.07) is 4.71. The van der Waals surface area contributed by atoms with Crippen LogP contribution in [-0.2, 0) is 17.1 Å². The second-order valence-corrected chi connectivity index (χ2v) is 11.4. The molecule has 0 saturated carbocycles. The summed E-state index contributed by atoms with van der Waals surface area (Å²) in [4.78, 5) is 20.8. The summed E-state index contributed by atoms with van der Waals surface area (Å²) in [6.45, 7) is 9.63. The van der Waals surface area contributed by atoms with Crippen molar-refractivity contribution >= 4 is 21.1 Å². The van der Waals surface area contributed by atoms with Gasteiger partial charge in [-0.2, -0.15) is 9.40 Å². The van der Waals surface area contributed by atoms with Crippen molar-refractivity contribution in [2.75, 3.05) is 39.8 Å². The molecule has 0 bridgehead atoms. The molecule has 1 aliphatic rings. The number of likely N-dealkylation sites (N-methyl/N-ethyl adjacent to an activating group) is 1. The molecule has 12 nitrogen and oxygen atoms in total. The van der Waals surface area contributed by atoms with Crippen molar-refractivity contribution in [2.45, 2.75) is 32.6 Å². The highest BCUT2D eigenvalue weighted by Crippen LogP contribution is 2.33. The van der Waals surface area contributed by atoms with E-state index in [4.69, 9.17) is 14.2 Å². The van der Waals surface area contributed by atoms with E-state index in [0.29, 0.717) is 72.5 Å². The highest BCUT2D eigenvalue weighted by Gasteiger charge is 2.29. The normalized spacial score (nSPS) is 15.4. The molecule has 1 saturated heterocycles. The zero-order chi connectivity index (χ0) is 27.4. The Bertz CT molecular complexity index is 1680. The first kappa shape index (κ1) is 26.1. The van der Waals surface area contributed by atoms with Crippen LogP contribution in [0.25, 0.3) is 28.1 Å². The Balaban J connectivity index is 1.70. The molecule has 0 unspecified atom stereocenters. The van der Waals surface area contributed by atoms with Gasteiger partial charge in [-0.3, -0.25) is 9.36 Å². The largest absolute Gasteiger partial charge is 0.493 e. The predicted octanol–water partition coefficient (Wildman–Crippen LogP) is 2.03. The molecule has 38 heavy (non-hydrogen) atoms. The molecule has 0 N–H and O–H groups in total. The van der Waals surface area contributed by atoms with E-state index >= 15 is 0 Å². The third-order valence-corrected chi connectivity index (χ3v) is 8.77. The molecule has 0 aliphatic carbocycles. The number of aromatic nitrogens is 5. The van der Waals surface area contributed by atoms with Crippen LogP contribution >= 0.6 is 0 Å². The smallest absolute Gasteiger partial charge is 0.280 e. The minimum Gasteiger partial charge on any atom is -0.493 e. The van der Waals surface area contributed by atoms with Gasteiger partial charge in [0.15, 0.2) is 11.3 Å². The Morgan fingerprint density at radius 2 is 1.76 bits per heavy atom. The van der Waals surface area contributed by atoms with E-state index in [1.807, 2.05) is 14.0 Å². The third kappa shape index (κ3) is 4.20. The number of aryl methyl sites for hydroxylation is 3. The average Bonchev–Trinajstić information content (AvgIpc) is 3.39. The van der Waals surface area contributed by atoms with Crippen LogP contribution in [0.4, 0.5) is 0 Å². The standard InChI is InChI=1S/C25H31N7O5S/c1-7-36-20-9-8-18(38(34,35)31-12-10-29(5)11-13-31)14-19(20)24-26-21-15(2)27-32(23(21)25(33)30(24)6)22-16(3)28-37-17(22)4/h8-9,14H,7,10-13H2,1-6H3. The highest BCUT2D eigenvalue weighted by molar-refractivity contribution is 7.89. The van der Waals surface area contributed by atoms with E-state index in [1.165, 1.54) is 13.6 Å². The van der Waals surface area contributed by atoms with Gasteiger partial charge in [-0.1, -0.05) is 5.16 Å². The van der Waals surface area contributed by atoms with Crippen molar-refractivity contribution in [2.24, 2.45) is 7.05 Å². The molecule has 3 aromatic heterocycles. The lowest BCUT2D eigenvalue weighted by Crippen LogP contribution is -2.47. The summed E-state index contributed by atoms with van der Waals surface area (Å²) in [6.07, 6.45) is 0. The van der Waals surface area contributed by atoms with Crippen molar-refractivity contribution in [1.82, 2.24) is 33.7 Å². The molecule has 0 amide bonds. The van der Waals surface area contributed by atoms with E-state index in [0.717, 1.165) is 0 Å². The summed E-state index contributed by atoms with van der Waals surface area (Å²) in [5, 5.41) is 8.56. The van der Waals surface area contributed by atoms with Crippen molar-refractivity contribution in [3.63, 3.8) is 0 Å². The van der Waals surface area contributed by atoms with Crippen LogP contribution in [0.2, 0.25) is 0 Å². The van der Waals surface area contributed by atoms with Crippen LogP contribution in [0, 0.1) is 20.8 Å². The monoisotopic (exact) mass is 541 g/mol. The number of fused-ring (bicyclic) bond motifs is 1. The van der Waals surface area contributed by atoms with Gasteiger partial charge in [-0.25, -0.2) is 18.1 Å². The van der Waals surface area contributed by atoms with Gasteiger partial charge in [-0.15, -0.1) is 0 Å². The van der Waals surface area contributed by atoms with Crippen molar-refractivity contribution in [1.29, 1.82) is 0 Å². The lowest BCUT2D eigenvalue weighted by atomic mass is 10.1. The van der Waals surface area contributed by atoms with Gasteiger partial charge in [0.25, 0.3) is 5.56 Å². The number of rotatable bonds is 6. The van der Waals surface area contributed by atoms with Gasteiger partial charge in [0.2, 0.25) is 10.0 Å². The van der Waals surface area contributed by atoms with Crippen LogP contribution in [-0.4, -0.2) is 81.9 Å². The Hall–Kier alpha value is -3.55. The van der Waals surface area contributed by atoms with E-state index < -0.39 is 10.0 Å². The molecule has 0 atom stereocenters. The molecule has 5 rings (SSSR count). The molecule has 4 aromatic rings. The highest BCUT2D eigenvalue weighted by atomic mass is 32.2. The van der Waals surface area contributed by atoms with Crippen LogP contribution in [0.15, 0.2) is 32.4 Å². The third-order valence-electron chi connectivity index (χ3n) is 6.87. The molecule has 0 radical (unpaired) electrons. The lowest BCUT2D eigenvalue weighted by molar-refractivity contribution is 0.222. The topological polar surface area (TPSA) is 129 Å². The summed E-state index contributed by atoms with van der Waals surface area (Å²) in [5.74, 6) is 1.24. The minimum absolute atomic E-state index is 0.123. The number of hydrogen-bond acceptors (Lipinski definition) is 9. The fourth-order valence-corrected chi connectivity index (χ4v) is 6.22. The van der Waals surface area contributed by atoms with Gasteiger partial charge >= 0.3 is 0 Å². The maximum absolute atomic E-state index is 13.7. The number of benzene rings is 1. The zero-order valence-corrected chi connectivity index (χ0v) is 23.2. The fraction of sp³-hybridized carbons (Fsp3) is 0.440. The Morgan fingerprint density at radius 1 is 1.05 bits per heavy atom. The number of ether oxygens (including phenoxy) is 1. The number of sulfonamides is 1. The van der Waals surface area contributed by atoms with E-state index in [9.17, 15) is 13.2 Å². The Morgan fingerprint density at radius 3 is 2.39 bits per heavy atom. The maximum atomic E-state index is 13.7. The number of hydrogen-bond donors (Lipinski definition) is 0. The fourth-order valence-electron chi connectivity index (χ4n) is 4.77. The second kappa shape index (κ2) is 9.64. The zero-order valence-electron chi connectivity index (χ0n) is 22.3. The van der Waals surface area contributed by atoms with Crippen molar-refractivity contribution in [3.8, 4) is 22.8 Å². The molecular formula is C25H31N7O5S. The maximum Gasteiger partial charge on any atom is 0.280 e. The molecule has 13 heteroatoms. The van der Waals surface area contributed by atoms with Crippen molar-refractivity contribution < 1.29 is 17.7 Å². The summed E-state index contributed by atoms with van der Waals surface area (Å²) >= 11 is 0. The summed E-state index contributed by atoms with van der Waals surface area (Å²) in [7, 11) is -0.186. The molecule has 1 aliphatic heterocycles. The summed E-state index contributed by atoms with van der Waals surface area (Å²) < 4.78 is 42.6. The minimum atomic E-state index is -3.75. The first-order valence-electron chi connectivity index (χ1n) is 12.4. The Labute approximate surface area is 220 Å². The first-order chi connectivity index (χ1) is 18.0. The van der Waals surface area contributed by atoms with Crippen LogP contribution in [0.5, 0.6) is 5.75 Å². The Kier molecular flexibility index (Phi) is 6.61. The van der Waals surface area contributed by atoms with Gasteiger partial charge < -0.3 is 14.2 Å². The second-order valence-electron chi connectivity index (χ2n) is 9.47. The quantitative estimate of drug-likeness (QED) is 0.360. The SMILES string of the molecule is CCOc1ccc(S(=O)(=O)N2CCN(C)CC2)cc1-c1nc2c(C)nn(-c3c(C)noc3C)c2c(=O)n1C. The average molecular weight is 542 g/mol.